The van der Waals surface area contributed by atoms with Crippen molar-refractivity contribution < 1.29 is 4.79 Å². The molecule has 1 amide bonds. The lowest BCUT2D eigenvalue weighted by atomic mass is 10.4. The van der Waals surface area contributed by atoms with Crippen molar-refractivity contribution in [3.63, 3.8) is 0 Å². The van der Waals surface area contributed by atoms with Gasteiger partial charge in [-0.25, -0.2) is 0 Å². The number of amides is 1. The lowest BCUT2D eigenvalue weighted by molar-refractivity contribution is -0.118. The van der Waals surface area contributed by atoms with Gasteiger partial charge < -0.3 is 10.2 Å². The van der Waals surface area contributed by atoms with E-state index in [9.17, 15) is 4.79 Å². The Morgan fingerprint density at radius 3 is 2.67 bits per heavy atom. The molecule has 0 saturated carbocycles. The maximum atomic E-state index is 10.7. The first kappa shape index (κ1) is 13.8. The average Bonchev–Trinajstić information content (AvgIpc) is 2.15. The summed E-state index contributed by atoms with van der Waals surface area (Å²) in [6, 6.07) is 0. The van der Waals surface area contributed by atoms with E-state index < -0.39 is 0 Å². The van der Waals surface area contributed by atoms with E-state index in [1.54, 1.807) is 6.20 Å². The molecule has 0 atom stereocenters. The minimum Gasteiger partial charge on any atom is -0.329 e. The van der Waals surface area contributed by atoms with Gasteiger partial charge in [-0.1, -0.05) is 6.92 Å². The Morgan fingerprint density at radius 1 is 1.47 bits per heavy atom. The molecule has 1 N–H and O–H groups in total. The van der Waals surface area contributed by atoms with Gasteiger partial charge in [0, 0.05) is 31.6 Å². The van der Waals surface area contributed by atoms with E-state index in [1.165, 1.54) is 6.92 Å². The molecule has 0 rings (SSSR count). The van der Waals surface area contributed by atoms with Crippen molar-refractivity contribution in [1.82, 2.24) is 10.2 Å². The second kappa shape index (κ2) is 8.17. The lowest BCUT2D eigenvalue weighted by Crippen LogP contribution is -2.18. The van der Waals surface area contributed by atoms with E-state index in [-0.39, 0.29) is 5.91 Å². The van der Waals surface area contributed by atoms with Crippen LogP contribution in [0.4, 0.5) is 0 Å². The van der Waals surface area contributed by atoms with Crippen molar-refractivity contribution >= 4 is 12.1 Å². The molecule has 4 heteroatoms. The van der Waals surface area contributed by atoms with Crippen LogP contribution in [0.1, 0.15) is 27.2 Å². The molecule has 0 aliphatic rings. The van der Waals surface area contributed by atoms with Crippen LogP contribution in [0.5, 0.6) is 0 Å². The molecule has 4 nitrogen and oxygen atoms in total. The SMILES string of the molecule is CCN(C)CCC=N/C=C(\C)NC(C)=O. The summed E-state index contributed by atoms with van der Waals surface area (Å²) in [6.07, 6.45) is 4.44. The standard InChI is InChI=1S/C11H21N3O/c1-5-14(4)8-6-7-12-9-10(2)13-11(3)15/h7,9H,5-6,8H2,1-4H3,(H,13,15)/b10-9+,12-7?. The van der Waals surface area contributed by atoms with Crippen molar-refractivity contribution in [2.75, 3.05) is 20.1 Å². The van der Waals surface area contributed by atoms with Crippen LogP contribution in [-0.4, -0.2) is 37.2 Å². The predicted octanol–water partition coefficient (Wildman–Crippen LogP) is 1.40. The zero-order valence-electron chi connectivity index (χ0n) is 10.1. The molecule has 0 aromatic carbocycles. The van der Waals surface area contributed by atoms with Gasteiger partial charge >= 0.3 is 0 Å². The first-order chi connectivity index (χ1) is 7.06. The van der Waals surface area contributed by atoms with Crippen LogP contribution in [-0.2, 0) is 4.79 Å². The summed E-state index contributed by atoms with van der Waals surface area (Å²) in [6.45, 7) is 7.48. The number of nitrogens with one attached hydrogen (secondary N) is 1. The molecule has 0 aliphatic carbocycles. The Balaban J connectivity index is 3.73. The molecule has 0 aromatic rings. The largest absolute Gasteiger partial charge is 0.329 e. The van der Waals surface area contributed by atoms with Crippen molar-refractivity contribution in [1.29, 1.82) is 0 Å². The highest BCUT2D eigenvalue weighted by Gasteiger charge is 1.91. The van der Waals surface area contributed by atoms with Crippen LogP contribution >= 0.6 is 0 Å². The second-order valence-corrected chi connectivity index (χ2v) is 3.51. The van der Waals surface area contributed by atoms with Crippen molar-refractivity contribution in [3.05, 3.63) is 11.9 Å². The lowest BCUT2D eigenvalue weighted by Gasteiger charge is -2.10. The van der Waals surface area contributed by atoms with E-state index >= 15 is 0 Å². The maximum Gasteiger partial charge on any atom is 0.221 e. The van der Waals surface area contributed by atoms with Crippen molar-refractivity contribution in [2.24, 2.45) is 4.99 Å². The molecule has 0 aliphatic heterocycles. The average molecular weight is 211 g/mol. The molecule has 15 heavy (non-hydrogen) atoms. The summed E-state index contributed by atoms with van der Waals surface area (Å²) in [5.74, 6) is -0.0651. The van der Waals surface area contributed by atoms with E-state index in [0.717, 1.165) is 25.2 Å². The number of rotatable bonds is 6. The van der Waals surface area contributed by atoms with Crippen LogP contribution in [0, 0.1) is 0 Å². The fourth-order valence-electron chi connectivity index (χ4n) is 0.985. The van der Waals surface area contributed by atoms with Gasteiger partial charge in [0.05, 0.1) is 0 Å². The highest BCUT2D eigenvalue weighted by molar-refractivity contribution is 5.74. The highest BCUT2D eigenvalue weighted by Crippen LogP contribution is 1.88. The van der Waals surface area contributed by atoms with Gasteiger partial charge in [0.15, 0.2) is 0 Å². The van der Waals surface area contributed by atoms with E-state index in [4.69, 9.17) is 0 Å². The maximum absolute atomic E-state index is 10.7. The number of carbonyl (C=O) groups is 1. The summed E-state index contributed by atoms with van der Waals surface area (Å²) < 4.78 is 0. The first-order valence-electron chi connectivity index (χ1n) is 5.20. The molecule has 0 saturated heterocycles. The zero-order valence-corrected chi connectivity index (χ0v) is 10.1. The van der Waals surface area contributed by atoms with Gasteiger partial charge in [-0.05, 0) is 26.9 Å². The summed E-state index contributed by atoms with van der Waals surface area (Å²) in [7, 11) is 2.08. The molecule has 0 radical (unpaired) electrons. The highest BCUT2D eigenvalue weighted by atomic mass is 16.1. The van der Waals surface area contributed by atoms with Crippen LogP contribution in [0.15, 0.2) is 16.9 Å². The Bertz CT molecular complexity index is 246. The molecular weight excluding hydrogens is 190 g/mol. The van der Waals surface area contributed by atoms with Crippen LogP contribution in [0.3, 0.4) is 0 Å². The zero-order chi connectivity index (χ0) is 11.7. The molecule has 0 spiro atoms. The van der Waals surface area contributed by atoms with E-state index in [2.05, 4.69) is 29.2 Å². The third kappa shape index (κ3) is 9.15. The minimum absolute atomic E-state index is 0.0651. The van der Waals surface area contributed by atoms with Gasteiger partial charge in [-0.3, -0.25) is 9.79 Å². The summed E-state index contributed by atoms with van der Waals surface area (Å²) in [5, 5.41) is 2.65. The number of allylic oxidation sites excluding steroid dienone is 1. The van der Waals surface area contributed by atoms with Crippen LogP contribution in [0.25, 0.3) is 0 Å². The third-order valence-corrected chi connectivity index (χ3v) is 1.93. The molecule has 0 aromatic heterocycles. The smallest absolute Gasteiger partial charge is 0.221 e. The fraction of sp³-hybridized carbons (Fsp3) is 0.636. The minimum atomic E-state index is -0.0651. The monoisotopic (exact) mass is 211 g/mol. The van der Waals surface area contributed by atoms with Crippen molar-refractivity contribution in [3.8, 4) is 0 Å². The normalized spacial score (nSPS) is 12.5. The van der Waals surface area contributed by atoms with Gasteiger partial charge in [0.2, 0.25) is 5.91 Å². The molecule has 0 unspecified atom stereocenters. The Morgan fingerprint density at radius 2 is 2.13 bits per heavy atom. The second-order valence-electron chi connectivity index (χ2n) is 3.51. The summed E-state index contributed by atoms with van der Waals surface area (Å²) in [4.78, 5) is 17.0. The topological polar surface area (TPSA) is 44.7 Å². The Hall–Kier alpha value is -1.16. The van der Waals surface area contributed by atoms with Crippen molar-refractivity contribution in [2.45, 2.75) is 27.2 Å². The van der Waals surface area contributed by atoms with Gasteiger partial charge in [-0.15, -0.1) is 0 Å². The number of nitrogens with zero attached hydrogens (tertiary/aromatic N) is 2. The summed E-state index contributed by atoms with van der Waals surface area (Å²) >= 11 is 0. The van der Waals surface area contributed by atoms with E-state index in [0.29, 0.717) is 0 Å². The van der Waals surface area contributed by atoms with E-state index in [1.807, 2.05) is 13.1 Å². The number of hydrogen-bond donors (Lipinski definition) is 1. The molecule has 0 fully saturated rings. The Kier molecular flexibility index (Phi) is 7.54. The quantitative estimate of drug-likeness (QED) is 0.675. The van der Waals surface area contributed by atoms with Gasteiger partial charge in [-0.2, -0.15) is 0 Å². The van der Waals surface area contributed by atoms with Gasteiger partial charge in [0.1, 0.15) is 0 Å². The fourth-order valence-corrected chi connectivity index (χ4v) is 0.985. The summed E-state index contributed by atoms with van der Waals surface area (Å²) in [5.41, 5.74) is 0.766. The Labute approximate surface area is 92.1 Å². The third-order valence-electron chi connectivity index (χ3n) is 1.93. The molecule has 86 valence electrons. The number of aliphatic imine (C=N–C) groups is 1. The predicted molar refractivity (Wildman–Crippen MR) is 63.9 cm³/mol. The molecule has 0 heterocycles. The van der Waals surface area contributed by atoms with Crippen LogP contribution < -0.4 is 5.32 Å². The van der Waals surface area contributed by atoms with Crippen LogP contribution in [0.2, 0.25) is 0 Å². The first-order valence-corrected chi connectivity index (χ1v) is 5.20. The van der Waals surface area contributed by atoms with Gasteiger partial charge in [0.25, 0.3) is 0 Å². The number of carbonyl (C=O) groups excluding carboxylic acids is 1. The molecule has 0 bridgehead atoms. The molecular formula is C11H21N3O. The number of hydrogen-bond acceptors (Lipinski definition) is 3.